The summed E-state index contributed by atoms with van der Waals surface area (Å²) in [5.74, 6) is 4.22. The van der Waals surface area contributed by atoms with Crippen LogP contribution in [0.4, 0.5) is 0 Å². The molecule has 0 aromatic carbocycles. The third-order valence-corrected chi connectivity index (χ3v) is 7.22. The van der Waals surface area contributed by atoms with Gasteiger partial charge in [-0.15, -0.1) is 0 Å². The molecule has 1 heteroatoms. The van der Waals surface area contributed by atoms with E-state index in [0.29, 0.717) is 11.5 Å². The van der Waals surface area contributed by atoms with E-state index in [9.17, 15) is 0 Å². The molecule has 1 unspecified atom stereocenters. The van der Waals surface area contributed by atoms with Gasteiger partial charge in [-0.25, -0.2) is 0 Å². The fourth-order valence-electron chi connectivity index (χ4n) is 7.03. The Balaban J connectivity index is 1.36. The van der Waals surface area contributed by atoms with Crippen molar-refractivity contribution in [3.05, 3.63) is 0 Å². The molecule has 0 aliphatic heterocycles. The summed E-state index contributed by atoms with van der Waals surface area (Å²) in [5.41, 5.74) is 7.32. The van der Waals surface area contributed by atoms with Crippen molar-refractivity contribution < 1.29 is 0 Å². The van der Waals surface area contributed by atoms with Gasteiger partial charge in [0, 0.05) is 6.04 Å². The summed E-state index contributed by atoms with van der Waals surface area (Å²) in [6.45, 7) is 0. The summed E-state index contributed by atoms with van der Waals surface area (Å²) >= 11 is 0. The Hall–Kier alpha value is -0.0400. The SMILES string of the molecule is NC(CC1CCCCC1)CC12CC3CC(CC(C3)C1)C2. The third kappa shape index (κ3) is 2.67. The first kappa shape index (κ1) is 13.6. The highest BCUT2D eigenvalue weighted by molar-refractivity contribution is 5.02. The second-order valence-electron chi connectivity index (χ2n) is 9.12. The van der Waals surface area contributed by atoms with Crippen molar-refractivity contribution >= 4 is 0 Å². The molecule has 0 heterocycles. The van der Waals surface area contributed by atoms with Crippen LogP contribution in [0.5, 0.6) is 0 Å². The lowest BCUT2D eigenvalue weighted by atomic mass is 9.48. The molecule has 5 fully saturated rings. The predicted octanol–water partition coefficient (Wildman–Crippen LogP) is 4.89. The molecule has 0 radical (unpaired) electrons. The van der Waals surface area contributed by atoms with Crippen LogP contribution in [-0.2, 0) is 0 Å². The average Bonchev–Trinajstić information content (AvgIpc) is 2.37. The normalized spacial score (nSPS) is 45.8. The van der Waals surface area contributed by atoms with Crippen LogP contribution >= 0.6 is 0 Å². The van der Waals surface area contributed by atoms with Gasteiger partial charge >= 0.3 is 0 Å². The van der Waals surface area contributed by atoms with E-state index in [-0.39, 0.29) is 0 Å². The molecule has 5 rings (SSSR count). The highest BCUT2D eigenvalue weighted by Crippen LogP contribution is 2.61. The van der Waals surface area contributed by atoms with Gasteiger partial charge in [0.15, 0.2) is 0 Å². The second kappa shape index (κ2) is 5.30. The van der Waals surface area contributed by atoms with Crippen molar-refractivity contribution in [2.75, 3.05) is 0 Å². The molecule has 0 amide bonds. The van der Waals surface area contributed by atoms with E-state index in [1.165, 1.54) is 44.9 Å². The number of rotatable bonds is 4. The molecule has 0 aromatic rings. The van der Waals surface area contributed by atoms with Gasteiger partial charge in [0.25, 0.3) is 0 Å². The summed E-state index contributed by atoms with van der Waals surface area (Å²) in [4.78, 5) is 0. The molecule has 1 nitrogen and oxygen atoms in total. The molecule has 5 aliphatic rings. The molecular formula is C19H33N. The van der Waals surface area contributed by atoms with Gasteiger partial charge in [0.1, 0.15) is 0 Å². The van der Waals surface area contributed by atoms with Crippen LogP contribution in [0.1, 0.15) is 83.5 Å². The highest BCUT2D eigenvalue weighted by Gasteiger charge is 2.51. The van der Waals surface area contributed by atoms with Crippen LogP contribution in [0.25, 0.3) is 0 Å². The number of nitrogens with two attached hydrogens (primary N) is 1. The second-order valence-corrected chi connectivity index (χ2v) is 9.12. The van der Waals surface area contributed by atoms with Crippen LogP contribution in [0.15, 0.2) is 0 Å². The van der Waals surface area contributed by atoms with Crippen molar-refractivity contribution in [1.82, 2.24) is 0 Å². The van der Waals surface area contributed by atoms with Gasteiger partial charge in [-0.3, -0.25) is 0 Å². The van der Waals surface area contributed by atoms with E-state index >= 15 is 0 Å². The Kier molecular flexibility index (Phi) is 3.61. The summed E-state index contributed by atoms with van der Waals surface area (Å²) in [6, 6.07) is 0.509. The zero-order valence-corrected chi connectivity index (χ0v) is 13.2. The summed E-state index contributed by atoms with van der Waals surface area (Å²) < 4.78 is 0. The minimum Gasteiger partial charge on any atom is -0.328 e. The fourth-order valence-corrected chi connectivity index (χ4v) is 7.03. The average molecular weight is 275 g/mol. The van der Waals surface area contributed by atoms with Crippen molar-refractivity contribution in [3.8, 4) is 0 Å². The summed E-state index contributed by atoms with van der Waals surface area (Å²) in [5, 5.41) is 0. The standard InChI is InChI=1S/C19H33N/c20-18(9-14-4-2-1-3-5-14)13-19-10-15-6-16(11-19)8-17(7-15)12-19/h14-18H,1-13,20H2. The highest BCUT2D eigenvalue weighted by atomic mass is 14.7. The van der Waals surface area contributed by atoms with E-state index in [4.69, 9.17) is 5.73 Å². The molecular weight excluding hydrogens is 242 g/mol. The van der Waals surface area contributed by atoms with Gasteiger partial charge in [-0.1, -0.05) is 32.1 Å². The summed E-state index contributed by atoms with van der Waals surface area (Å²) in [7, 11) is 0. The summed E-state index contributed by atoms with van der Waals surface area (Å²) in [6.07, 6.45) is 19.4. The van der Waals surface area contributed by atoms with Crippen molar-refractivity contribution in [2.24, 2.45) is 34.8 Å². The molecule has 2 N–H and O–H groups in total. The maximum atomic E-state index is 6.63. The predicted molar refractivity (Wildman–Crippen MR) is 84.4 cm³/mol. The molecule has 0 aromatic heterocycles. The number of hydrogen-bond donors (Lipinski definition) is 1. The van der Waals surface area contributed by atoms with E-state index in [2.05, 4.69) is 0 Å². The Bertz CT molecular complexity index is 306. The van der Waals surface area contributed by atoms with E-state index in [0.717, 1.165) is 23.7 Å². The van der Waals surface area contributed by atoms with Gasteiger partial charge in [0.05, 0.1) is 0 Å². The van der Waals surface area contributed by atoms with Crippen LogP contribution in [0, 0.1) is 29.1 Å². The zero-order valence-electron chi connectivity index (χ0n) is 13.2. The Labute approximate surface area is 125 Å². The minimum absolute atomic E-state index is 0.509. The molecule has 0 spiro atoms. The minimum atomic E-state index is 0.509. The molecule has 114 valence electrons. The molecule has 0 saturated heterocycles. The van der Waals surface area contributed by atoms with Crippen LogP contribution in [0.3, 0.4) is 0 Å². The maximum absolute atomic E-state index is 6.63. The maximum Gasteiger partial charge on any atom is 0.00467 e. The third-order valence-electron chi connectivity index (χ3n) is 7.22. The topological polar surface area (TPSA) is 26.0 Å². The lowest BCUT2D eigenvalue weighted by Gasteiger charge is -2.57. The van der Waals surface area contributed by atoms with Crippen molar-refractivity contribution in [1.29, 1.82) is 0 Å². The first-order valence-corrected chi connectivity index (χ1v) is 9.46. The molecule has 5 saturated carbocycles. The van der Waals surface area contributed by atoms with E-state index < -0.39 is 0 Å². The van der Waals surface area contributed by atoms with E-state index in [1.807, 2.05) is 0 Å². The largest absolute Gasteiger partial charge is 0.328 e. The van der Waals surface area contributed by atoms with E-state index in [1.54, 1.807) is 38.5 Å². The monoisotopic (exact) mass is 275 g/mol. The van der Waals surface area contributed by atoms with Gasteiger partial charge in [-0.05, 0) is 80.5 Å². The Morgan fingerprint density at radius 1 is 0.850 bits per heavy atom. The lowest BCUT2D eigenvalue weighted by Crippen LogP contribution is -2.48. The van der Waals surface area contributed by atoms with Gasteiger partial charge < -0.3 is 5.73 Å². The molecule has 4 bridgehead atoms. The van der Waals surface area contributed by atoms with Crippen molar-refractivity contribution in [3.63, 3.8) is 0 Å². The quantitative estimate of drug-likeness (QED) is 0.776. The number of hydrogen-bond acceptors (Lipinski definition) is 1. The Morgan fingerprint density at radius 3 is 1.95 bits per heavy atom. The fraction of sp³-hybridized carbons (Fsp3) is 1.00. The smallest absolute Gasteiger partial charge is 0.00467 e. The molecule has 1 atom stereocenters. The van der Waals surface area contributed by atoms with Gasteiger partial charge in [-0.2, -0.15) is 0 Å². The molecule has 20 heavy (non-hydrogen) atoms. The lowest BCUT2D eigenvalue weighted by molar-refractivity contribution is -0.0613. The van der Waals surface area contributed by atoms with Crippen LogP contribution in [0.2, 0.25) is 0 Å². The Morgan fingerprint density at radius 2 is 1.40 bits per heavy atom. The van der Waals surface area contributed by atoms with Crippen LogP contribution in [-0.4, -0.2) is 6.04 Å². The van der Waals surface area contributed by atoms with Gasteiger partial charge in [0.2, 0.25) is 0 Å². The van der Waals surface area contributed by atoms with Crippen LogP contribution < -0.4 is 5.73 Å². The van der Waals surface area contributed by atoms with Crippen molar-refractivity contribution in [2.45, 2.75) is 89.5 Å². The first-order chi connectivity index (χ1) is 9.71. The zero-order chi connectivity index (χ0) is 13.6. The first-order valence-electron chi connectivity index (χ1n) is 9.46. The molecule has 5 aliphatic carbocycles.